The van der Waals surface area contributed by atoms with Gasteiger partial charge in [-0.05, 0) is 13.3 Å². The van der Waals surface area contributed by atoms with E-state index in [-0.39, 0.29) is 5.75 Å². The predicted molar refractivity (Wildman–Crippen MR) is 56.6 cm³/mol. The summed E-state index contributed by atoms with van der Waals surface area (Å²) in [5.41, 5.74) is 0. The van der Waals surface area contributed by atoms with Gasteiger partial charge in [-0.15, -0.1) is 0 Å². The Labute approximate surface area is 85.9 Å². The van der Waals surface area contributed by atoms with Crippen LogP contribution in [-0.4, -0.2) is 45.0 Å². The first-order valence-corrected chi connectivity index (χ1v) is 6.49. The molecule has 0 aliphatic carbocycles. The van der Waals surface area contributed by atoms with Gasteiger partial charge in [-0.2, -0.15) is 0 Å². The van der Waals surface area contributed by atoms with E-state index < -0.39 is 16.1 Å². The highest BCUT2D eigenvalue weighted by molar-refractivity contribution is 7.89. The monoisotopic (exact) mass is 224 g/mol. The number of aliphatic hydroxyl groups excluding tert-OH is 1. The first kappa shape index (κ1) is 13.8. The highest BCUT2D eigenvalue weighted by atomic mass is 32.2. The minimum absolute atomic E-state index is 0.170. The first-order chi connectivity index (χ1) is 6.48. The van der Waals surface area contributed by atoms with E-state index in [1.165, 1.54) is 0 Å². The Hall–Kier alpha value is -0.170. The Morgan fingerprint density at radius 3 is 2.50 bits per heavy atom. The molecule has 0 heterocycles. The summed E-state index contributed by atoms with van der Waals surface area (Å²) in [7, 11) is -3.08. The molecule has 1 unspecified atom stereocenters. The average molecular weight is 224 g/mol. The normalized spacial score (nSPS) is 14.2. The lowest BCUT2D eigenvalue weighted by molar-refractivity contribution is 0.192. The van der Waals surface area contributed by atoms with Gasteiger partial charge < -0.3 is 10.4 Å². The SMILES string of the molecule is CCCS(=O)(=O)NCCNCC(C)O. The third-order valence-electron chi connectivity index (χ3n) is 1.54. The van der Waals surface area contributed by atoms with Crippen LogP contribution >= 0.6 is 0 Å². The molecular formula is C8H20N2O3S. The highest BCUT2D eigenvalue weighted by Gasteiger charge is 2.06. The molecule has 0 rings (SSSR count). The van der Waals surface area contributed by atoms with Crippen LogP contribution in [0.5, 0.6) is 0 Å². The smallest absolute Gasteiger partial charge is 0.211 e. The maximum absolute atomic E-state index is 11.1. The van der Waals surface area contributed by atoms with Gasteiger partial charge >= 0.3 is 0 Å². The van der Waals surface area contributed by atoms with Crippen molar-refractivity contribution in [2.45, 2.75) is 26.4 Å². The van der Waals surface area contributed by atoms with Crippen LogP contribution in [-0.2, 0) is 10.0 Å². The van der Waals surface area contributed by atoms with Crippen LogP contribution in [0.1, 0.15) is 20.3 Å². The molecule has 14 heavy (non-hydrogen) atoms. The lowest BCUT2D eigenvalue weighted by atomic mass is 10.4. The lowest BCUT2D eigenvalue weighted by Gasteiger charge is -2.08. The van der Waals surface area contributed by atoms with E-state index in [0.29, 0.717) is 26.1 Å². The van der Waals surface area contributed by atoms with Gasteiger partial charge in [0.2, 0.25) is 10.0 Å². The van der Waals surface area contributed by atoms with Crippen molar-refractivity contribution >= 4 is 10.0 Å². The van der Waals surface area contributed by atoms with Crippen molar-refractivity contribution in [3.63, 3.8) is 0 Å². The Balaban J connectivity index is 3.45. The second-order valence-electron chi connectivity index (χ2n) is 3.27. The van der Waals surface area contributed by atoms with Gasteiger partial charge in [0.1, 0.15) is 0 Å². The minimum Gasteiger partial charge on any atom is -0.392 e. The number of hydrogen-bond acceptors (Lipinski definition) is 4. The van der Waals surface area contributed by atoms with Crippen molar-refractivity contribution in [2.24, 2.45) is 0 Å². The summed E-state index contributed by atoms with van der Waals surface area (Å²) in [6.07, 6.45) is 0.221. The van der Waals surface area contributed by atoms with Crippen molar-refractivity contribution in [2.75, 3.05) is 25.4 Å². The van der Waals surface area contributed by atoms with Crippen LogP contribution in [0, 0.1) is 0 Å². The largest absolute Gasteiger partial charge is 0.392 e. The van der Waals surface area contributed by atoms with Crippen molar-refractivity contribution in [3.8, 4) is 0 Å². The quantitative estimate of drug-likeness (QED) is 0.476. The molecule has 0 fully saturated rings. The molecule has 86 valence electrons. The molecule has 0 aromatic carbocycles. The Bertz CT molecular complexity index is 227. The van der Waals surface area contributed by atoms with Crippen LogP contribution in [0.3, 0.4) is 0 Å². The van der Waals surface area contributed by atoms with E-state index in [4.69, 9.17) is 5.11 Å². The van der Waals surface area contributed by atoms with Crippen LogP contribution < -0.4 is 10.0 Å². The molecule has 1 atom stereocenters. The first-order valence-electron chi connectivity index (χ1n) is 4.84. The van der Waals surface area contributed by atoms with Crippen molar-refractivity contribution < 1.29 is 13.5 Å². The van der Waals surface area contributed by atoms with Crippen molar-refractivity contribution in [1.82, 2.24) is 10.0 Å². The van der Waals surface area contributed by atoms with E-state index in [2.05, 4.69) is 10.0 Å². The van der Waals surface area contributed by atoms with E-state index in [1.807, 2.05) is 6.92 Å². The summed E-state index contributed by atoms with van der Waals surface area (Å²) in [5, 5.41) is 11.8. The fourth-order valence-corrected chi connectivity index (χ4v) is 2.04. The number of rotatable bonds is 8. The number of nitrogens with one attached hydrogen (secondary N) is 2. The molecule has 0 saturated carbocycles. The maximum atomic E-state index is 11.1. The molecule has 6 heteroatoms. The summed E-state index contributed by atoms with van der Waals surface area (Å²) in [4.78, 5) is 0. The molecule has 0 aromatic heterocycles. The number of aliphatic hydroxyl groups is 1. The summed E-state index contributed by atoms with van der Waals surface area (Å²) < 4.78 is 24.7. The zero-order valence-corrected chi connectivity index (χ0v) is 9.60. The highest BCUT2D eigenvalue weighted by Crippen LogP contribution is 1.86. The molecule has 0 aromatic rings. The van der Waals surface area contributed by atoms with Crippen LogP contribution in [0.4, 0.5) is 0 Å². The molecule has 0 aliphatic rings. The fraction of sp³-hybridized carbons (Fsp3) is 1.00. The van der Waals surface area contributed by atoms with Crippen LogP contribution in [0.15, 0.2) is 0 Å². The van der Waals surface area contributed by atoms with E-state index in [0.717, 1.165) is 0 Å². The molecule has 0 saturated heterocycles. The fourth-order valence-electron chi connectivity index (χ4n) is 0.947. The van der Waals surface area contributed by atoms with Crippen LogP contribution in [0.2, 0.25) is 0 Å². The summed E-state index contributed by atoms with van der Waals surface area (Å²) in [5.74, 6) is 0.170. The second-order valence-corrected chi connectivity index (χ2v) is 5.19. The standard InChI is InChI=1S/C8H20N2O3S/c1-3-6-14(12,13)10-5-4-9-7-8(2)11/h8-11H,3-7H2,1-2H3. The molecule has 0 radical (unpaired) electrons. The Morgan fingerprint density at radius 2 is 2.00 bits per heavy atom. The summed E-state index contributed by atoms with van der Waals surface area (Å²) >= 11 is 0. The molecule has 5 nitrogen and oxygen atoms in total. The van der Waals surface area contributed by atoms with Gasteiger partial charge in [0.05, 0.1) is 11.9 Å². The topological polar surface area (TPSA) is 78.4 Å². The van der Waals surface area contributed by atoms with Crippen LogP contribution in [0.25, 0.3) is 0 Å². The third-order valence-corrected chi connectivity index (χ3v) is 3.13. The van der Waals surface area contributed by atoms with Crippen molar-refractivity contribution in [3.05, 3.63) is 0 Å². The molecule has 0 aliphatic heterocycles. The van der Waals surface area contributed by atoms with Crippen molar-refractivity contribution in [1.29, 1.82) is 0 Å². The summed E-state index contributed by atoms with van der Waals surface area (Å²) in [6.45, 7) is 4.89. The Kier molecular flexibility index (Phi) is 7.08. The number of sulfonamides is 1. The van der Waals surface area contributed by atoms with E-state index >= 15 is 0 Å². The third kappa shape index (κ3) is 8.43. The number of hydrogen-bond donors (Lipinski definition) is 3. The zero-order chi connectivity index (χ0) is 11.0. The van der Waals surface area contributed by atoms with E-state index in [9.17, 15) is 8.42 Å². The van der Waals surface area contributed by atoms with E-state index in [1.54, 1.807) is 6.92 Å². The summed E-state index contributed by atoms with van der Waals surface area (Å²) in [6, 6.07) is 0. The second kappa shape index (κ2) is 7.17. The van der Waals surface area contributed by atoms with Gasteiger partial charge in [0.25, 0.3) is 0 Å². The van der Waals surface area contributed by atoms with Gasteiger partial charge in [0, 0.05) is 19.6 Å². The molecular weight excluding hydrogens is 204 g/mol. The molecule has 0 spiro atoms. The average Bonchev–Trinajstić information content (AvgIpc) is 2.02. The predicted octanol–water partition coefficient (Wildman–Crippen LogP) is -0.714. The van der Waals surface area contributed by atoms with Gasteiger partial charge in [0.15, 0.2) is 0 Å². The zero-order valence-electron chi connectivity index (χ0n) is 8.78. The van der Waals surface area contributed by atoms with Gasteiger partial charge in [-0.3, -0.25) is 0 Å². The lowest BCUT2D eigenvalue weighted by Crippen LogP contribution is -2.35. The minimum atomic E-state index is -3.08. The molecule has 3 N–H and O–H groups in total. The Morgan fingerprint density at radius 1 is 1.36 bits per heavy atom. The van der Waals surface area contributed by atoms with Gasteiger partial charge in [-0.25, -0.2) is 13.1 Å². The molecule has 0 bridgehead atoms. The molecule has 0 amide bonds. The maximum Gasteiger partial charge on any atom is 0.211 e. The van der Waals surface area contributed by atoms with Gasteiger partial charge in [-0.1, -0.05) is 6.92 Å².